The summed E-state index contributed by atoms with van der Waals surface area (Å²) in [5, 5.41) is 9.29. The summed E-state index contributed by atoms with van der Waals surface area (Å²) >= 11 is 0. The summed E-state index contributed by atoms with van der Waals surface area (Å²) in [6.45, 7) is 7.52. The van der Waals surface area contributed by atoms with Crippen LogP contribution in [0.1, 0.15) is 26.3 Å². The van der Waals surface area contributed by atoms with Gasteiger partial charge < -0.3 is 20.7 Å². The second-order valence-electron chi connectivity index (χ2n) is 6.21. The van der Waals surface area contributed by atoms with Gasteiger partial charge in [0.2, 0.25) is 5.91 Å². The summed E-state index contributed by atoms with van der Waals surface area (Å²) in [6.07, 6.45) is 0. The fourth-order valence-electron chi connectivity index (χ4n) is 1.77. The first-order valence-electron chi connectivity index (χ1n) is 7.72. The Bertz CT molecular complexity index is 524. The van der Waals surface area contributed by atoms with E-state index < -0.39 is 0 Å². The molecule has 1 aromatic rings. The van der Waals surface area contributed by atoms with E-state index in [4.69, 9.17) is 4.74 Å². The Morgan fingerprint density at radius 3 is 2.17 bits per heavy atom. The molecule has 1 rings (SSSR count). The largest absolute Gasteiger partial charge is 0.497 e. The van der Waals surface area contributed by atoms with Crippen molar-refractivity contribution in [1.82, 2.24) is 16.0 Å². The third-order valence-electron chi connectivity index (χ3n) is 3.23. The number of nitrogens with zero attached hydrogens (tertiary/aromatic N) is 1. The second kappa shape index (κ2) is 11.1. The lowest BCUT2D eigenvalue weighted by atomic mass is 9.96. The lowest BCUT2D eigenvalue weighted by Gasteiger charge is -2.18. The predicted octanol–water partition coefficient (Wildman–Crippen LogP) is 2.14. The number of ether oxygens (including phenoxy) is 1. The molecule has 3 N–H and O–H groups in total. The van der Waals surface area contributed by atoms with Crippen molar-refractivity contribution in [2.75, 3.05) is 27.2 Å². The summed E-state index contributed by atoms with van der Waals surface area (Å²) in [5.74, 6) is 1.58. The molecule has 0 spiro atoms. The molecular formula is C17H29IN4O2. The van der Waals surface area contributed by atoms with E-state index in [-0.39, 0.29) is 35.3 Å². The van der Waals surface area contributed by atoms with Crippen LogP contribution in [-0.4, -0.2) is 39.1 Å². The number of hydrogen-bond donors (Lipinski definition) is 3. The molecule has 0 aliphatic rings. The number of methoxy groups -OCH3 is 1. The van der Waals surface area contributed by atoms with Gasteiger partial charge in [0.1, 0.15) is 5.75 Å². The van der Waals surface area contributed by atoms with Crippen molar-refractivity contribution in [1.29, 1.82) is 0 Å². The smallest absolute Gasteiger partial charge is 0.225 e. The first-order valence-corrected chi connectivity index (χ1v) is 7.72. The van der Waals surface area contributed by atoms with Crippen molar-refractivity contribution in [3.05, 3.63) is 29.8 Å². The van der Waals surface area contributed by atoms with Crippen molar-refractivity contribution in [3.8, 4) is 5.75 Å². The van der Waals surface area contributed by atoms with Crippen LogP contribution in [0, 0.1) is 5.41 Å². The van der Waals surface area contributed by atoms with Gasteiger partial charge in [0.15, 0.2) is 5.96 Å². The molecule has 136 valence electrons. The Morgan fingerprint density at radius 1 is 1.08 bits per heavy atom. The highest BCUT2D eigenvalue weighted by Gasteiger charge is 2.20. The zero-order valence-corrected chi connectivity index (χ0v) is 17.4. The number of amides is 1. The number of guanidine groups is 1. The summed E-state index contributed by atoms with van der Waals surface area (Å²) in [4.78, 5) is 15.9. The van der Waals surface area contributed by atoms with Crippen molar-refractivity contribution >= 4 is 35.8 Å². The standard InChI is InChI=1S/C17H28N4O2.HI/c1-17(2,3)15(22)19-10-11-20-16(18-4)21-12-13-6-8-14(23-5)9-7-13;/h6-9H,10-12H2,1-5H3,(H,19,22)(H2,18,20,21);1H. The highest BCUT2D eigenvalue weighted by molar-refractivity contribution is 14.0. The van der Waals surface area contributed by atoms with E-state index in [1.165, 1.54) is 0 Å². The van der Waals surface area contributed by atoms with Crippen molar-refractivity contribution < 1.29 is 9.53 Å². The lowest BCUT2D eigenvalue weighted by Crippen LogP contribution is -2.43. The SMILES string of the molecule is CN=C(NCCNC(=O)C(C)(C)C)NCc1ccc(OC)cc1.I. The van der Waals surface area contributed by atoms with Crippen LogP contribution >= 0.6 is 24.0 Å². The van der Waals surface area contributed by atoms with Crippen LogP contribution in [0.3, 0.4) is 0 Å². The molecule has 0 fully saturated rings. The fourth-order valence-corrected chi connectivity index (χ4v) is 1.77. The van der Waals surface area contributed by atoms with Gasteiger partial charge in [0, 0.05) is 32.1 Å². The molecule has 0 saturated heterocycles. The Kier molecular flexibility index (Phi) is 10.4. The summed E-state index contributed by atoms with van der Waals surface area (Å²) in [7, 11) is 3.37. The van der Waals surface area contributed by atoms with E-state index >= 15 is 0 Å². The zero-order chi connectivity index (χ0) is 17.3. The molecule has 0 atom stereocenters. The maximum atomic E-state index is 11.7. The quantitative estimate of drug-likeness (QED) is 0.270. The van der Waals surface area contributed by atoms with Crippen molar-refractivity contribution in [2.45, 2.75) is 27.3 Å². The van der Waals surface area contributed by atoms with Crippen LogP contribution in [0.2, 0.25) is 0 Å². The molecule has 6 nitrogen and oxygen atoms in total. The Hall–Kier alpha value is -1.51. The van der Waals surface area contributed by atoms with Crippen LogP contribution in [0.25, 0.3) is 0 Å². The summed E-state index contributed by atoms with van der Waals surface area (Å²) in [6, 6.07) is 7.86. The third-order valence-corrected chi connectivity index (χ3v) is 3.23. The average Bonchev–Trinajstić information content (AvgIpc) is 2.53. The van der Waals surface area contributed by atoms with Crippen LogP contribution in [0.4, 0.5) is 0 Å². The lowest BCUT2D eigenvalue weighted by molar-refractivity contribution is -0.128. The van der Waals surface area contributed by atoms with Crippen molar-refractivity contribution in [2.24, 2.45) is 10.4 Å². The van der Waals surface area contributed by atoms with Crippen LogP contribution in [-0.2, 0) is 11.3 Å². The van der Waals surface area contributed by atoms with E-state index in [1.807, 2.05) is 45.0 Å². The average molecular weight is 448 g/mol. The monoisotopic (exact) mass is 448 g/mol. The minimum absolute atomic E-state index is 0. The molecule has 7 heteroatoms. The van der Waals surface area contributed by atoms with Gasteiger partial charge in [0.05, 0.1) is 7.11 Å². The molecule has 1 amide bonds. The molecule has 0 radical (unpaired) electrons. The molecule has 0 heterocycles. The predicted molar refractivity (Wildman–Crippen MR) is 109 cm³/mol. The Balaban J connectivity index is 0.00000529. The molecule has 0 saturated carbocycles. The highest BCUT2D eigenvalue weighted by Crippen LogP contribution is 2.12. The molecular weight excluding hydrogens is 419 g/mol. The van der Waals surface area contributed by atoms with E-state index in [1.54, 1.807) is 14.2 Å². The van der Waals surface area contributed by atoms with Gasteiger partial charge in [-0.2, -0.15) is 0 Å². The molecule has 24 heavy (non-hydrogen) atoms. The fraction of sp³-hybridized carbons (Fsp3) is 0.529. The summed E-state index contributed by atoms with van der Waals surface area (Å²) < 4.78 is 5.13. The molecule has 0 aliphatic heterocycles. The van der Waals surface area contributed by atoms with Gasteiger partial charge in [-0.15, -0.1) is 24.0 Å². The van der Waals surface area contributed by atoms with Crippen LogP contribution < -0.4 is 20.7 Å². The molecule has 0 aromatic heterocycles. The summed E-state index contributed by atoms with van der Waals surface area (Å²) in [5.41, 5.74) is 0.767. The highest BCUT2D eigenvalue weighted by atomic mass is 127. The van der Waals surface area contributed by atoms with Gasteiger partial charge in [-0.3, -0.25) is 9.79 Å². The number of halogens is 1. The number of hydrogen-bond acceptors (Lipinski definition) is 3. The van der Waals surface area contributed by atoms with E-state index in [0.717, 1.165) is 11.3 Å². The third kappa shape index (κ3) is 8.37. The first-order chi connectivity index (χ1) is 10.9. The van der Waals surface area contributed by atoms with Gasteiger partial charge >= 0.3 is 0 Å². The van der Waals surface area contributed by atoms with Crippen molar-refractivity contribution in [3.63, 3.8) is 0 Å². The van der Waals surface area contributed by atoms with Crippen LogP contribution in [0.5, 0.6) is 5.75 Å². The topological polar surface area (TPSA) is 74.8 Å². The molecule has 0 bridgehead atoms. The normalized spacial score (nSPS) is 11.3. The number of carbonyl (C=O) groups is 1. The van der Waals surface area contributed by atoms with Gasteiger partial charge in [-0.05, 0) is 17.7 Å². The maximum absolute atomic E-state index is 11.7. The Labute approximate surface area is 161 Å². The number of rotatable bonds is 6. The zero-order valence-electron chi connectivity index (χ0n) is 15.1. The second-order valence-corrected chi connectivity index (χ2v) is 6.21. The van der Waals surface area contributed by atoms with Crippen LogP contribution in [0.15, 0.2) is 29.3 Å². The number of benzene rings is 1. The number of aliphatic imine (C=N–C) groups is 1. The van der Waals surface area contributed by atoms with Gasteiger partial charge in [0.25, 0.3) is 0 Å². The Morgan fingerprint density at radius 2 is 1.67 bits per heavy atom. The minimum Gasteiger partial charge on any atom is -0.497 e. The molecule has 1 aromatic carbocycles. The number of carbonyl (C=O) groups excluding carboxylic acids is 1. The van der Waals surface area contributed by atoms with E-state index in [0.29, 0.717) is 25.6 Å². The van der Waals surface area contributed by atoms with Gasteiger partial charge in [-0.25, -0.2) is 0 Å². The first kappa shape index (κ1) is 22.5. The number of nitrogens with one attached hydrogen (secondary N) is 3. The van der Waals surface area contributed by atoms with E-state index in [2.05, 4.69) is 20.9 Å². The molecule has 0 unspecified atom stereocenters. The molecule has 0 aliphatic carbocycles. The van der Waals surface area contributed by atoms with E-state index in [9.17, 15) is 4.79 Å². The minimum atomic E-state index is -0.367. The maximum Gasteiger partial charge on any atom is 0.225 e. The van der Waals surface area contributed by atoms with Gasteiger partial charge in [-0.1, -0.05) is 32.9 Å².